The molecule has 0 saturated carbocycles. The Kier molecular flexibility index (Phi) is 5.01. The van der Waals surface area contributed by atoms with E-state index in [0.717, 1.165) is 30.3 Å². The van der Waals surface area contributed by atoms with Gasteiger partial charge in [0.25, 0.3) is 11.5 Å². The maximum atomic E-state index is 12.9. The first-order valence-electron chi connectivity index (χ1n) is 8.14. The Hall–Kier alpha value is -1.13. The smallest absolute Gasteiger partial charge is 0.267 e. The van der Waals surface area contributed by atoms with Gasteiger partial charge in [0, 0.05) is 48.8 Å². The van der Waals surface area contributed by atoms with Crippen molar-refractivity contribution in [3.63, 3.8) is 0 Å². The van der Waals surface area contributed by atoms with Gasteiger partial charge in [-0.05, 0) is 0 Å². The summed E-state index contributed by atoms with van der Waals surface area (Å²) in [6.07, 6.45) is 1.37. The molecule has 0 aromatic carbocycles. The maximum Gasteiger partial charge on any atom is 0.267 e. The zero-order valence-corrected chi connectivity index (χ0v) is 16.0. The highest BCUT2D eigenvalue weighted by Gasteiger charge is 2.39. The van der Waals surface area contributed by atoms with Crippen LogP contribution in [0.4, 0.5) is 0 Å². The second-order valence-corrected chi connectivity index (χ2v) is 9.27. The van der Waals surface area contributed by atoms with Crippen molar-refractivity contribution in [2.75, 3.05) is 42.0 Å². The molecule has 0 bridgehead atoms. The zero-order chi connectivity index (χ0) is 17.4. The van der Waals surface area contributed by atoms with Crippen LogP contribution in [0.25, 0.3) is 0 Å². The minimum absolute atomic E-state index is 0.00317. The van der Waals surface area contributed by atoms with E-state index in [9.17, 15) is 14.4 Å². The van der Waals surface area contributed by atoms with Crippen molar-refractivity contribution in [1.29, 1.82) is 0 Å². The summed E-state index contributed by atoms with van der Waals surface area (Å²) in [7, 11) is 0. The van der Waals surface area contributed by atoms with Gasteiger partial charge in [0.1, 0.15) is 11.6 Å². The van der Waals surface area contributed by atoms with Gasteiger partial charge in [-0.2, -0.15) is 11.8 Å². The van der Waals surface area contributed by atoms with Crippen LogP contribution < -0.4 is 5.56 Å². The molecule has 3 aliphatic heterocycles. The zero-order valence-electron chi connectivity index (χ0n) is 13.5. The molecule has 1 atom stereocenters. The van der Waals surface area contributed by atoms with Crippen LogP contribution >= 0.6 is 35.3 Å². The second-order valence-electron chi connectivity index (χ2n) is 5.99. The number of aromatic nitrogens is 2. The Morgan fingerprint density at radius 1 is 1.12 bits per heavy atom. The summed E-state index contributed by atoms with van der Waals surface area (Å²) in [5.74, 6) is 3.33. The number of fused-ring (bicyclic) bond motifs is 1. The minimum Gasteiger partial charge on any atom is -0.339 e. The van der Waals surface area contributed by atoms with Crippen molar-refractivity contribution in [3.8, 4) is 0 Å². The second kappa shape index (κ2) is 7.24. The molecule has 7 nitrogen and oxygen atoms in total. The normalized spacial score (nSPS) is 23.0. The van der Waals surface area contributed by atoms with Crippen LogP contribution in [-0.2, 0) is 11.3 Å². The summed E-state index contributed by atoms with van der Waals surface area (Å²) < 4.78 is 1.56. The van der Waals surface area contributed by atoms with Crippen molar-refractivity contribution < 1.29 is 9.59 Å². The largest absolute Gasteiger partial charge is 0.339 e. The molecule has 2 amide bonds. The van der Waals surface area contributed by atoms with Crippen LogP contribution in [0.5, 0.6) is 0 Å². The molecule has 0 spiro atoms. The van der Waals surface area contributed by atoms with Gasteiger partial charge < -0.3 is 9.80 Å². The van der Waals surface area contributed by atoms with E-state index in [0.29, 0.717) is 23.3 Å². The van der Waals surface area contributed by atoms with E-state index in [4.69, 9.17) is 0 Å². The molecule has 1 unspecified atom stereocenters. The number of hydrogen-bond acceptors (Lipinski definition) is 7. The third-order valence-electron chi connectivity index (χ3n) is 4.54. The fourth-order valence-electron chi connectivity index (χ4n) is 3.16. The van der Waals surface area contributed by atoms with E-state index < -0.39 is 6.04 Å². The topological polar surface area (TPSA) is 75.5 Å². The van der Waals surface area contributed by atoms with Gasteiger partial charge in [0.2, 0.25) is 5.91 Å². The minimum atomic E-state index is -0.479. The van der Waals surface area contributed by atoms with Crippen molar-refractivity contribution in [3.05, 3.63) is 22.1 Å². The van der Waals surface area contributed by atoms with E-state index in [1.54, 1.807) is 21.2 Å². The molecule has 134 valence electrons. The first-order chi connectivity index (χ1) is 12.2. The summed E-state index contributed by atoms with van der Waals surface area (Å²) in [5.41, 5.74) is -0.224. The molecule has 2 saturated heterocycles. The fraction of sp³-hybridized carbons (Fsp3) is 0.600. The van der Waals surface area contributed by atoms with Gasteiger partial charge >= 0.3 is 0 Å². The van der Waals surface area contributed by atoms with Gasteiger partial charge in [-0.25, -0.2) is 4.98 Å². The van der Waals surface area contributed by atoms with Crippen LogP contribution in [0.15, 0.2) is 16.1 Å². The van der Waals surface area contributed by atoms with Crippen molar-refractivity contribution in [2.45, 2.75) is 17.7 Å². The molecule has 0 radical (unpaired) electrons. The third-order valence-corrected chi connectivity index (χ3v) is 7.46. The summed E-state index contributed by atoms with van der Waals surface area (Å²) in [6, 6.07) is -0.479. The number of carbonyl (C=O) groups is 2. The fourth-order valence-corrected chi connectivity index (χ4v) is 6.12. The molecule has 3 aliphatic rings. The van der Waals surface area contributed by atoms with Crippen LogP contribution in [-0.4, -0.2) is 79.2 Å². The first kappa shape index (κ1) is 17.3. The summed E-state index contributed by atoms with van der Waals surface area (Å²) >= 11 is 4.92. The Morgan fingerprint density at radius 2 is 1.92 bits per heavy atom. The lowest BCUT2D eigenvalue weighted by atomic mass is 10.2. The predicted molar refractivity (Wildman–Crippen MR) is 100 cm³/mol. The van der Waals surface area contributed by atoms with Crippen LogP contribution in [0.3, 0.4) is 0 Å². The van der Waals surface area contributed by atoms with Gasteiger partial charge in [-0.15, -0.1) is 11.8 Å². The van der Waals surface area contributed by atoms with E-state index >= 15 is 0 Å². The standard InChI is InChI=1S/C15H18N4O3S3/c20-12-10(7-16-15-18(12)3-6-25-15)13(21)19-9-24-8-11(19)14(22)17-1-4-23-5-2-17/h7,11H,1-6,8-9H2. The summed E-state index contributed by atoms with van der Waals surface area (Å²) in [6.45, 7) is 2.04. The van der Waals surface area contributed by atoms with E-state index in [-0.39, 0.29) is 22.9 Å². The van der Waals surface area contributed by atoms with E-state index in [2.05, 4.69) is 4.98 Å². The summed E-state index contributed by atoms with van der Waals surface area (Å²) in [4.78, 5) is 46.0. The van der Waals surface area contributed by atoms with Gasteiger partial charge in [0.05, 0.1) is 5.88 Å². The molecule has 2 fully saturated rings. The number of hydrogen-bond donors (Lipinski definition) is 0. The van der Waals surface area contributed by atoms with Crippen molar-refractivity contribution in [2.24, 2.45) is 0 Å². The number of thioether (sulfide) groups is 3. The highest BCUT2D eigenvalue weighted by atomic mass is 32.2. The molecule has 10 heteroatoms. The van der Waals surface area contributed by atoms with Gasteiger partial charge in [-0.1, -0.05) is 11.8 Å². The van der Waals surface area contributed by atoms with Crippen molar-refractivity contribution >= 4 is 47.1 Å². The summed E-state index contributed by atoms with van der Waals surface area (Å²) in [5, 5.41) is 0.663. The molecule has 0 aliphatic carbocycles. The SMILES string of the molecule is O=C(C1CSCN1C(=O)c1cnc2n(c1=O)CCS2)N1CCSCC1. The van der Waals surface area contributed by atoms with Crippen LogP contribution in [0.2, 0.25) is 0 Å². The molecule has 4 rings (SSSR count). The molecule has 1 aromatic rings. The predicted octanol–water partition coefficient (Wildman–Crippen LogP) is 0.440. The van der Waals surface area contributed by atoms with Crippen LogP contribution in [0, 0.1) is 0 Å². The lowest BCUT2D eigenvalue weighted by molar-refractivity contribution is -0.134. The molecule has 4 heterocycles. The van der Waals surface area contributed by atoms with E-state index in [1.807, 2.05) is 16.7 Å². The Labute approximate surface area is 157 Å². The number of nitrogens with zero attached hydrogens (tertiary/aromatic N) is 4. The number of carbonyl (C=O) groups excluding carboxylic acids is 2. The lowest BCUT2D eigenvalue weighted by Gasteiger charge is -2.31. The molecular weight excluding hydrogens is 380 g/mol. The highest BCUT2D eigenvalue weighted by Crippen LogP contribution is 2.26. The number of amides is 2. The van der Waals surface area contributed by atoms with Gasteiger partial charge in [-0.3, -0.25) is 19.0 Å². The average molecular weight is 399 g/mol. The maximum absolute atomic E-state index is 12.9. The monoisotopic (exact) mass is 398 g/mol. The third kappa shape index (κ3) is 3.19. The average Bonchev–Trinajstić information content (AvgIpc) is 3.31. The van der Waals surface area contributed by atoms with Crippen LogP contribution in [0.1, 0.15) is 10.4 Å². The number of rotatable bonds is 2. The first-order valence-corrected chi connectivity index (χ1v) is 11.4. The molecule has 1 aromatic heterocycles. The Balaban J connectivity index is 1.57. The Morgan fingerprint density at radius 3 is 2.72 bits per heavy atom. The highest BCUT2D eigenvalue weighted by molar-refractivity contribution is 7.99. The quantitative estimate of drug-likeness (QED) is 0.669. The van der Waals surface area contributed by atoms with Crippen molar-refractivity contribution in [1.82, 2.24) is 19.4 Å². The van der Waals surface area contributed by atoms with Gasteiger partial charge in [0.15, 0.2) is 5.16 Å². The van der Waals surface area contributed by atoms with E-state index in [1.165, 1.54) is 18.0 Å². The lowest BCUT2D eigenvalue weighted by Crippen LogP contribution is -2.51. The molecule has 0 N–H and O–H groups in total. The molecular formula is C15H18N4O3S3. The Bertz CT molecular complexity index is 763. The molecule has 25 heavy (non-hydrogen) atoms.